The monoisotopic (exact) mass is 344 g/mol. The molecule has 2 rings (SSSR count). The van der Waals surface area contributed by atoms with E-state index in [2.05, 4.69) is 0 Å². The summed E-state index contributed by atoms with van der Waals surface area (Å²) in [6, 6.07) is 6.23. The summed E-state index contributed by atoms with van der Waals surface area (Å²) in [5, 5.41) is 0.549. The number of rotatable bonds is 4. The number of halogens is 2. The maximum absolute atomic E-state index is 13.4. The van der Waals surface area contributed by atoms with Gasteiger partial charge in [-0.25, -0.2) is 4.39 Å². The van der Waals surface area contributed by atoms with Gasteiger partial charge in [-0.05, 0) is 49.2 Å². The van der Waals surface area contributed by atoms with E-state index in [0.29, 0.717) is 16.1 Å². The van der Waals surface area contributed by atoms with Gasteiger partial charge in [-0.15, -0.1) is 0 Å². The standard InChI is InChI=1S/C15H14ClFO4S/c1-9-6-11(7-10(2)15(9)16)21-22(18,19)12-4-5-13(17)14(8-12)20-3/h4-8H,1-3H3. The van der Waals surface area contributed by atoms with Gasteiger partial charge in [0.1, 0.15) is 10.6 Å². The number of methoxy groups -OCH3 is 1. The fraction of sp³-hybridized carbons (Fsp3) is 0.200. The molecule has 2 aromatic rings. The van der Waals surface area contributed by atoms with Gasteiger partial charge in [-0.2, -0.15) is 8.42 Å². The van der Waals surface area contributed by atoms with Crippen LogP contribution in [0.15, 0.2) is 35.2 Å². The van der Waals surface area contributed by atoms with Gasteiger partial charge in [-0.3, -0.25) is 0 Å². The zero-order valence-electron chi connectivity index (χ0n) is 12.2. The van der Waals surface area contributed by atoms with E-state index in [-0.39, 0.29) is 16.4 Å². The Bertz CT molecular complexity index is 795. The van der Waals surface area contributed by atoms with E-state index in [1.54, 1.807) is 13.8 Å². The van der Waals surface area contributed by atoms with Gasteiger partial charge < -0.3 is 8.92 Å². The Kier molecular flexibility index (Phi) is 4.63. The average Bonchev–Trinajstić information content (AvgIpc) is 2.44. The van der Waals surface area contributed by atoms with E-state index >= 15 is 0 Å². The highest BCUT2D eigenvalue weighted by molar-refractivity contribution is 7.87. The van der Waals surface area contributed by atoms with E-state index in [0.717, 1.165) is 18.2 Å². The van der Waals surface area contributed by atoms with Crippen LogP contribution in [-0.2, 0) is 10.1 Å². The van der Waals surface area contributed by atoms with Crippen LogP contribution in [0.25, 0.3) is 0 Å². The minimum Gasteiger partial charge on any atom is -0.494 e. The van der Waals surface area contributed by atoms with Crippen molar-refractivity contribution in [1.29, 1.82) is 0 Å². The third-order valence-corrected chi connectivity index (χ3v) is 4.87. The van der Waals surface area contributed by atoms with Crippen molar-refractivity contribution >= 4 is 21.7 Å². The zero-order chi connectivity index (χ0) is 16.5. The quantitative estimate of drug-likeness (QED) is 0.790. The van der Waals surface area contributed by atoms with E-state index in [1.165, 1.54) is 19.2 Å². The molecule has 0 aliphatic rings. The third kappa shape index (κ3) is 3.34. The first kappa shape index (κ1) is 16.6. The van der Waals surface area contributed by atoms with Crippen molar-refractivity contribution in [2.75, 3.05) is 7.11 Å². The van der Waals surface area contributed by atoms with Gasteiger partial charge in [0.2, 0.25) is 0 Å². The molecule has 0 atom stereocenters. The predicted molar refractivity (Wildman–Crippen MR) is 81.7 cm³/mol. The van der Waals surface area contributed by atoms with Gasteiger partial charge in [0.25, 0.3) is 0 Å². The lowest BCUT2D eigenvalue weighted by atomic mass is 10.1. The summed E-state index contributed by atoms with van der Waals surface area (Å²) in [5.41, 5.74) is 1.40. The Balaban J connectivity index is 2.40. The van der Waals surface area contributed by atoms with Crippen LogP contribution >= 0.6 is 11.6 Å². The van der Waals surface area contributed by atoms with Crippen molar-refractivity contribution in [3.05, 3.63) is 52.3 Å². The van der Waals surface area contributed by atoms with Crippen molar-refractivity contribution in [3.63, 3.8) is 0 Å². The summed E-state index contributed by atoms with van der Waals surface area (Å²) < 4.78 is 47.7. The van der Waals surface area contributed by atoms with Crippen molar-refractivity contribution in [2.45, 2.75) is 18.7 Å². The first-order valence-corrected chi connectivity index (χ1v) is 8.08. The van der Waals surface area contributed by atoms with Gasteiger partial charge >= 0.3 is 10.1 Å². The largest absolute Gasteiger partial charge is 0.494 e. The second kappa shape index (κ2) is 6.14. The highest BCUT2D eigenvalue weighted by atomic mass is 35.5. The smallest absolute Gasteiger partial charge is 0.339 e. The predicted octanol–water partition coefficient (Wildman–Crippen LogP) is 3.87. The molecule has 0 fully saturated rings. The van der Waals surface area contributed by atoms with Crippen molar-refractivity contribution in [3.8, 4) is 11.5 Å². The van der Waals surface area contributed by atoms with Crippen LogP contribution in [0.4, 0.5) is 4.39 Å². The lowest BCUT2D eigenvalue weighted by molar-refractivity contribution is 0.384. The second-order valence-electron chi connectivity index (χ2n) is 4.70. The van der Waals surface area contributed by atoms with Gasteiger partial charge in [0.15, 0.2) is 11.6 Å². The molecule has 0 bridgehead atoms. The molecule has 0 N–H and O–H groups in total. The molecule has 2 aromatic carbocycles. The van der Waals surface area contributed by atoms with Crippen LogP contribution < -0.4 is 8.92 Å². The minimum atomic E-state index is -4.10. The molecule has 7 heteroatoms. The molecule has 4 nitrogen and oxygen atoms in total. The van der Waals surface area contributed by atoms with E-state index in [9.17, 15) is 12.8 Å². The molecule has 0 amide bonds. The van der Waals surface area contributed by atoms with E-state index in [4.69, 9.17) is 20.5 Å². The maximum atomic E-state index is 13.4. The summed E-state index contributed by atoms with van der Waals surface area (Å²) in [5.74, 6) is -0.685. The maximum Gasteiger partial charge on any atom is 0.339 e. The van der Waals surface area contributed by atoms with Crippen molar-refractivity contribution < 1.29 is 21.7 Å². The van der Waals surface area contributed by atoms with Gasteiger partial charge in [0.05, 0.1) is 7.11 Å². The van der Waals surface area contributed by atoms with Crippen molar-refractivity contribution in [1.82, 2.24) is 0 Å². The molecule has 0 aliphatic heterocycles. The minimum absolute atomic E-state index is 0.141. The molecule has 0 heterocycles. The topological polar surface area (TPSA) is 52.6 Å². The molecule has 22 heavy (non-hydrogen) atoms. The normalized spacial score (nSPS) is 11.3. The molecule has 0 aromatic heterocycles. The number of benzene rings is 2. The Hall–Kier alpha value is -1.79. The molecule has 0 unspecified atom stereocenters. The summed E-state index contributed by atoms with van der Waals surface area (Å²) in [4.78, 5) is -0.198. The third-order valence-electron chi connectivity index (χ3n) is 3.03. The number of ether oxygens (including phenoxy) is 1. The lowest BCUT2D eigenvalue weighted by Gasteiger charge is -2.11. The zero-order valence-corrected chi connectivity index (χ0v) is 13.8. The molecule has 0 saturated carbocycles. The molecular formula is C15H14ClFO4S. The van der Waals surface area contributed by atoms with Crippen LogP contribution in [-0.4, -0.2) is 15.5 Å². The second-order valence-corrected chi connectivity index (χ2v) is 6.63. The van der Waals surface area contributed by atoms with Gasteiger partial charge in [-0.1, -0.05) is 11.6 Å². The number of hydrogen-bond acceptors (Lipinski definition) is 4. The Morgan fingerprint density at radius 3 is 2.23 bits per heavy atom. The van der Waals surface area contributed by atoms with Crippen LogP contribution in [0.5, 0.6) is 11.5 Å². The highest BCUT2D eigenvalue weighted by Gasteiger charge is 2.20. The fourth-order valence-corrected chi connectivity index (χ4v) is 2.97. The lowest BCUT2D eigenvalue weighted by Crippen LogP contribution is -2.10. The van der Waals surface area contributed by atoms with Crippen LogP contribution in [0.3, 0.4) is 0 Å². The molecule has 0 aliphatic carbocycles. The van der Waals surface area contributed by atoms with Crippen molar-refractivity contribution in [2.24, 2.45) is 0 Å². The SMILES string of the molecule is COc1cc(S(=O)(=O)Oc2cc(C)c(Cl)c(C)c2)ccc1F. The fourth-order valence-electron chi connectivity index (χ4n) is 1.92. The van der Waals surface area contributed by atoms with Crippen LogP contribution in [0.2, 0.25) is 5.02 Å². The summed E-state index contributed by atoms with van der Waals surface area (Å²) >= 11 is 6.03. The Morgan fingerprint density at radius 1 is 1.09 bits per heavy atom. The number of hydrogen-bond donors (Lipinski definition) is 0. The van der Waals surface area contributed by atoms with Gasteiger partial charge in [0, 0.05) is 11.1 Å². The summed E-state index contributed by atoms with van der Waals surface area (Å²) in [7, 11) is -2.85. The Morgan fingerprint density at radius 2 is 1.68 bits per heavy atom. The molecule has 0 saturated heterocycles. The average molecular weight is 345 g/mol. The summed E-state index contributed by atoms with van der Waals surface area (Å²) in [6.07, 6.45) is 0. The molecule has 118 valence electrons. The van der Waals surface area contributed by atoms with Crippen LogP contribution in [0, 0.1) is 19.7 Å². The van der Waals surface area contributed by atoms with E-state index < -0.39 is 15.9 Å². The Labute approximate surface area is 133 Å². The summed E-state index contributed by atoms with van der Waals surface area (Å²) in [6.45, 7) is 3.49. The van der Waals surface area contributed by atoms with E-state index in [1.807, 2.05) is 0 Å². The molecule has 0 spiro atoms. The highest BCUT2D eigenvalue weighted by Crippen LogP contribution is 2.29. The number of aryl methyl sites for hydroxylation is 2. The molecule has 0 radical (unpaired) electrons. The van der Waals surface area contributed by atoms with Crippen LogP contribution in [0.1, 0.15) is 11.1 Å². The molecular weight excluding hydrogens is 331 g/mol. The first-order chi connectivity index (χ1) is 10.2. The first-order valence-electron chi connectivity index (χ1n) is 6.29.